The molecule has 3 nitrogen and oxygen atoms in total. The molecule has 4 aliphatic rings. The van der Waals surface area contributed by atoms with Gasteiger partial charge in [0, 0.05) is 36.1 Å². The first-order chi connectivity index (χ1) is 13.7. The molecule has 1 saturated heterocycles. The largest absolute Gasteiger partial charge is 0.391 e. The molecule has 0 aromatic heterocycles. The first kappa shape index (κ1) is 20.7. The maximum Gasteiger partial charge on any atom is 0.391 e. The van der Waals surface area contributed by atoms with Crippen molar-refractivity contribution in [3.8, 4) is 0 Å². The quantitative estimate of drug-likeness (QED) is 0.654. The molecule has 1 N–H and O–H groups in total. The highest BCUT2D eigenvalue weighted by molar-refractivity contribution is 5.90. The van der Waals surface area contributed by atoms with Gasteiger partial charge in [-0.05, 0) is 44.4 Å². The van der Waals surface area contributed by atoms with E-state index in [0.29, 0.717) is 31.4 Å². The third-order valence-electron chi connectivity index (χ3n) is 7.32. The topological polar surface area (TPSA) is 32.3 Å². The molecule has 162 valence electrons. The number of allylic oxidation sites excluding steroid dienone is 3. The van der Waals surface area contributed by atoms with Crippen LogP contribution in [0.5, 0.6) is 0 Å². The molecule has 0 spiro atoms. The number of hydrogen-bond donors (Lipinski definition) is 1. The first-order valence-corrected chi connectivity index (χ1v) is 10.6. The van der Waals surface area contributed by atoms with Crippen molar-refractivity contribution in [2.75, 3.05) is 0 Å². The Morgan fingerprint density at radius 1 is 1.21 bits per heavy atom. The fraction of sp³-hybridized carbons (Fsp3) is 0.762. The SMILES string of the molecule is CCC1C(C2CC=C(F)CC2F)C2NC(C3CCC(C(F)(F)F)CC3)=CC(=O)N12. The van der Waals surface area contributed by atoms with E-state index < -0.39 is 24.1 Å². The van der Waals surface area contributed by atoms with Crippen LogP contribution in [0.1, 0.15) is 51.9 Å². The Hall–Kier alpha value is -1.60. The molecule has 29 heavy (non-hydrogen) atoms. The maximum atomic E-state index is 14.6. The number of nitrogens with one attached hydrogen (secondary N) is 1. The number of rotatable bonds is 3. The number of alkyl halides is 4. The summed E-state index contributed by atoms with van der Waals surface area (Å²) >= 11 is 0. The Balaban J connectivity index is 1.48. The standard InChI is InChI=1S/C21H27F5N2O/c1-2-17-19(14-8-7-13(22)9-15(14)23)20-27-16(10-18(29)28(17)20)11-3-5-12(6-4-11)21(24,25)26/h7,10-12,14-15,17,19-20,27H,2-6,8-9H2,1H3. The van der Waals surface area contributed by atoms with E-state index in [0.717, 1.165) is 0 Å². The molecule has 5 unspecified atom stereocenters. The van der Waals surface area contributed by atoms with Crippen molar-refractivity contribution in [3.63, 3.8) is 0 Å². The summed E-state index contributed by atoms with van der Waals surface area (Å²) in [6.07, 6.45) is -1.18. The van der Waals surface area contributed by atoms with Crippen molar-refractivity contribution in [3.05, 3.63) is 23.7 Å². The summed E-state index contributed by atoms with van der Waals surface area (Å²) in [5.74, 6) is -2.44. The number of carbonyl (C=O) groups excluding carboxylic acids is 1. The van der Waals surface area contributed by atoms with Gasteiger partial charge in [0.1, 0.15) is 12.3 Å². The normalized spacial score (nSPS) is 40.4. The van der Waals surface area contributed by atoms with Gasteiger partial charge in [-0.15, -0.1) is 0 Å². The molecule has 4 rings (SSSR count). The van der Waals surface area contributed by atoms with Crippen molar-refractivity contribution < 1.29 is 26.7 Å². The van der Waals surface area contributed by atoms with Gasteiger partial charge in [-0.25, -0.2) is 8.78 Å². The van der Waals surface area contributed by atoms with Crippen LogP contribution in [0, 0.1) is 23.7 Å². The maximum absolute atomic E-state index is 14.6. The lowest BCUT2D eigenvalue weighted by atomic mass is 9.68. The molecule has 2 aliphatic carbocycles. The van der Waals surface area contributed by atoms with Gasteiger partial charge in [-0.3, -0.25) is 4.79 Å². The van der Waals surface area contributed by atoms with E-state index in [-0.39, 0.29) is 55.1 Å². The lowest BCUT2D eigenvalue weighted by Gasteiger charge is -2.60. The number of amides is 1. The highest BCUT2D eigenvalue weighted by atomic mass is 19.4. The number of fused-ring (bicyclic) bond motifs is 1. The summed E-state index contributed by atoms with van der Waals surface area (Å²) in [4.78, 5) is 14.4. The van der Waals surface area contributed by atoms with Crippen molar-refractivity contribution >= 4 is 5.91 Å². The second-order valence-electron chi connectivity index (χ2n) is 8.85. The van der Waals surface area contributed by atoms with Gasteiger partial charge < -0.3 is 10.2 Å². The molecule has 0 aromatic rings. The summed E-state index contributed by atoms with van der Waals surface area (Å²) in [5.41, 5.74) is 0.685. The molecular weight excluding hydrogens is 391 g/mol. The fourth-order valence-electron chi connectivity index (χ4n) is 5.76. The molecule has 2 aliphatic heterocycles. The van der Waals surface area contributed by atoms with E-state index >= 15 is 0 Å². The third-order valence-corrected chi connectivity index (χ3v) is 7.32. The van der Waals surface area contributed by atoms with Crippen LogP contribution in [0.2, 0.25) is 0 Å². The Morgan fingerprint density at radius 3 is 2.48 bits per heavy atom. The van der Waals surface area contributed by atoms with Crippen molar-refractivity contribution in [2.24, 2.45) is 23.7 Å². The van der Waals surface area contributed by atoms with Crippen LogP contribution < -0.4 is 5.32 Å². The van der Waals surface area contributed by atoms with E-state index in [1.165, 1.54) is 12.2 Å². The van der Waals surface area contributed by atoms with E-state index in [4.69, 9.17) is 0 Å². The van der Waals surface area contributed by atoms with Gasteiger partial charge in [0.2, 0.25) is 5.91 Å². The van der Waals surface area contributed by atoms with E-state index in [9.17, 15) is 26.7 Å². The highest BCUT2D eigenvalue weighted by Gasteiger charge is 2.56. The number of hydrogen-bond acceptors (Lipinski definition) is 2. The molecular formula is C21H27F5N2O. The number of nitrogens with zero attached hydrogens (tertiary/aromatic N) is 1. The van der Waals surface area contributed by atoms with E-state index in [1.807, 2.05) is 6.92 Å². The Kier molecular flexibility index (Phi) is 5.40. The Morgan fingerprint density at radius 2 is 1.90 bits per heavy atom. The van der Waals surface area contributed by atoms with Gasteiger partial charge in [-0.1, -0.05) is 13.0 Å². The average Bonchev–Trinajstić information content (AvgIpc) is 2.64. The Labute approximate surface area is 167 Å². The number of halogens is 5. The zero-order valence-corrected chi connectivity index (χ0v) is 16.4. The molecule has 0 aromatic carbocycles. The summed E-state index contributed by atoms with van der Waals surface area (Å²) in [7, 11) is 0. The van der Waals surface area contributed by atoms with Crippen LogP contribution in [0.3, 0.4) is 0 Å². The minimum atomic E-state index is -4.17. The van der Waals surface area contributed by atoms with Crippen LogP contribution in [0.15, 0.2) is 23.7 Å². The van der Waals surface area contributed by atoms with Crippen LogP contribution >= 0.6 is 0 Å². The van der Waals surface area contributed by atoms with Crippen LogP contribution in [0.25, 0.3) is 0 Å². The molecule has 2 fully saturated rings. The monoisotopic (exact) mass is 418 g/mol. The Bertz CT molecular complexity index is 710. The van der Waals surface area contributed by atoms with Crippen molar-refractivity contribution in [1.29, 1.82) is 0 Å². The molecule has 1 saturated carbocycles. The van der Waals surface area contributed by atoms with Gasteiger partial charge in [0.05, 0.1) is 11.7 Å². The van der Waals surface area contributed by atoms with Crippen LogP contribution in [-0.2, 0) is 4.79 Å². The zero-order valence-electron chi connectivity index (χ0n) is 16.4. The summed E-state index contributed by atoms with van der Waals surface area (Å²) in [5, 5.41) is 3.35. The third kappa shape index (κ3) is 3.67. The lowest BCUT2D eigenvalue weighted by molar-refractivity contribution is -0.184. The molecule has 0 bridgehead atoms. The van der Waals surface area contributed by atoms with Gasteiger partial charge in [0.25, 0.3) is 0 Å². The summed E-state index contributed by atoms with van der Waals surface area (Å²) in [6, 6.07) is -0.100. The molecule has 2 heterocycles. The summed E-state index contributed by atoms with van der Waals surface area (Å²) < 4.78 is 66.9. The van der Waals surface area contributed by atoms with Crippen molar-refractivity contribution in [2.45, 2.75) is 76.4 Å². The molecule has 1 amide bonds. The highest BCUT2D eigenvalue weighted by Crippen LogP contribution is 2.48. The number of carbonyl (C=O) groups is 1. The van der Waals surface area contributed by atoms with Crippen LogP contribution in [0.4, 0.5) is 22.0 Å². The van der Waals surface area contributed by atoms with Crippen LogP contribution in [-0.4, -0.2) is 35.4 Å². The minimum absolute atomic E-state index is 0.0655. The summed E-state index contributed by atoms with van der Waals surface area (Å²) in [6.45, 7) is 1.95. The lowest BCUT2D eigenvalue weighted by Crippen LogP contribution is -2.74. The fourth-order valence-corrected chi connectivity index (χ4v) is 5.76. The van der Waals surface area contributed by atoms with Gasteiger partial charge in [-0.2, -0.15) is 13.2 Å². The smallest absolute Gasteiger partial charge is 0.368 e. The minimum Gasteiger partial charge on any atom is -0.368 e. The van der Waals surface area contributed by atoms with Gasteiger partial charge in [0.15, 0.2) is 0 Å². The van der Waals surface area contributed by atoms with Crippen molar-refractivity contribution in [1.82, 2.24) is 10.2 Å². The second kappa shape index (κ2) is 7.58. The molecule has 0 radical (unpaired) electrons. The van der Waals surface area contributed by atoms with E-state index in [1.54, 1.807) is 4.90 Å². The van der Waals surface area contributed by atoms with E-state index in [2.05, 4.69) is 5.32 Å². The predicted octanol–water partition coefficient (Wildman–Crippen LogP) is 5.01. The average molecular weight is 418 g/mol. The molecule has 5 atom stereocenters. The van der Waals surface area contributed by atoms with Gasteiger partial charge >= 0.3 is 6.18 Å². The first-order valence-electron chi connectivity index (χ1n) is 10.6. The zero-order chi connectivity index (χ0) is 20.9. The molecule has 8 heteroatoms. The predicted molar refractivity (Wildman–Crippen MR) is 97.7 cm³/mol. The second-order valence-corrected chi connectivity index (χ2v) is 8.85.